The number of carbonyl (C=O) groups is 2. The van der Waals surface area contributed by atoms with Gasteiger partial charge in [-0.05, 0) is 67.8 Å². The molecule has 0 aromatic heterocycles. The third-order valence-electron chi connectivity index (χ3n) is 4.08. The van der Waals surface area contributed by atoms with E-state index >= 15 is 0 Å². The van der Waals surface area contributed by atoms with E-state index in [1.165, 1.54) is 25.1 Å². The van der Waals surface area contributed by atoms with Gasteiger partial charge in [0.1, 0.15) is 0 Å². The van der Waals surface area contributed by atoms with Crippen molar-refractivity contribution in [2.45, 2.75) is 30.7 Å². The summed E-state index contributed by atoms with van der Waals surface area (Å²) in [5.74, 6) is -0.358. The predicted octanol–water partition coefficient (Wildman–Crippen LogP) is 2.98. The normalized spacial score (nSPS) is 14.3. The lowest BCUT2D eigenvalue weighted by Crippen LogP contribution is -2.25. The van der Waals surface area contributed by atoms with Gasteiger partial charge in [0, 0.05) is 23.4 Å². The SMILES string of the molecule is CC(=O)c1ccc(NC(=O)C=Cc2ccc(S(=O)(=O)NC3CC3)cc2)cc1. The van der Waals surface area contributed by atoms with Crippen LogP contribution < -0.4 is 10.0 Å². The zero-order valence-electron chi connectivity index (χ0n) is 14.8. The smallest absolute Gasteiger partial charge is 0.248 e. The second kappa shape index (κ2) is 7.85. The molecule has 3 rings (SSSR count). The molecule has 0 heterocycles. The molecule has 0 aliphatic heterocycles. The highest BCUT2D eigenvalue weighted by atomic mass is 32.2. The largest absolute Gasteiger partial charge is 0.323 e. The Bertz CT molecular complexity index is 974. The van der Waals surface area contributed by atoms with Gasteiger partial charge in [-0.3, -0.25) is 9.59 Å². The number of anilines is 1. The third-order valence-corrected chi connectivity index (χ3v) is 5.61. The zero-order valence-corrected chi connectivity index (χ0v) is 15.6. The Balaban J connectivity index is 1.59. The van der Waals surface area contributed by atoms with Crippen molar-refractivity contribution in [3.05, 3.63) is 65.7 Å². The van der Waals surface area contributed by atoms with E-state index in [0.29, 0.717) is 16.8 Å². The van der Waals surface area contributed by atoms with Crippen LogP contribution in [-0.4, -0.2) is 26.2 Å². The van der Waals surface area contributed by atoms with Gasteiger partial charge in [-0.25, -0.2) is 13.1 Å². The fraction of sp³-hybridized carbons (Fsp3) is 0.200. The summed E-state index contributed by atoms with van der Waals surface area (Å²) >= 11 is 0. The molecule has 1 amide bonds. The van der Waals surface area contributed by atoms with Crippen molar-refractivity contribution in [2.75, 3.05) is 5.32 Å². The van der Waals surface area contributed by atoms with Gasteiger partial charge in [0.2, 0.25) is 15.9 Å². The van der Waals surface area contributed by atoms with Crippen LogP contribution in [0.2, 0.25) is 0 Å². The second-order valence-electron chi connectivity index (χ2n) is 6.42. The van der Waals surface area contributed by atoms with Crippen molar-refractivity contribution in [1.29, 1.82) is 0 Å². The van der Waals surface area contributed by atoms with Crippen LogP contribution >= 0.6 is 0 Å². The topological polar surface area (TPSA) is 92.3 Å². The molecular weight excluding hydrogens is 364 g/mol. The Kier molecular flexibility index (Phi) is 5.53. The van der Waals surface area contributed by atoms with E-state index in [0.717, 1.165) is 12.8 Å². The van der Waals surface area contributed by atoms with Gasteiger partial charge in [0.25, 0.3) is 0 Å². The van der Waals surface area contributed by atoms with E-state index in [1.807, 2.05) is 0 Å². The molecule has 140 valence electrons. The molecule has 2 aromatic rings. The van der Waals surface area contributed by atoms with Crippen LogP contribution in [0.3, 0.4) is 0 Å². The number of Topliss-reactive ketones (excluding diaryl/α,β-unsaturated/α-hetero) is 1. The number of sulfonamides is 1. The van der Waals surface area contributed by atoms with Crippen LogP contribution in [0.25, 0.3) is 6.08 Å². The van der Waals surface area contributed by atoms with Crippen LogP contribution in [0.5, 0.6) is 0 Å². The number of benzene rings is 2. The van der Waals surface area contributed by atoms with E-state index in [1.54, 1.807) is 42.5 Å². The molecule has 6 nitrogen and oxygen atoms in total. The molecule has 0 spiro atoms. The van der Waals surface area contributed by atoms with E-state index in [4.69, 9.17) is 0 Å². The highest BCUT2D eigenvalue weighted by Gasteiger charge is 2.27. The minimum atomic E-state index is -3.47. The molecule has 0 unspecified atom stereocenters. The molecule has 0 atom stereocenters. The maximum atomic E-state index is 12.1. The average Bonchev–Trinajstić information content (AvgIpc) is 3.44. The first-order chi connectivity index (χ1) is 12.8. The fourth-order valence-corrected chi connectivity index (χ4v) is 3.70. The Morgan fingerprint density at radius 3 is 2.19 bits per heavy atom. The Hall–Kier alpha value is -2.77. The molecule has 0 bridgehead atoms. The van der Waals surface area contributed by atoms with Crippen molar-refractivity contribution >= 4 is 33.5 Å². The van der Waals surface area contributed by atoms with Crippen LogP contribution in [-0.2, 0) is 14.8 Å². The van der Waals surface area contributed by atoms with Crippen molar-refractivity contribution in [1.82, 2.24) is 4.72 Å². The molecule has 27 heavy (non-hydrogen) atoms. The average molecular weight is 384 g/mol. The lowest BCUT2D eigenvalue weighted by atomic mass is 10.1. The van der Waals surface area contributed by atoms with Gasteiger partial charge >= 0.3 is 0 Å². The first-order valence-corrected chi connectivity index (χ1v) is 10.0. The van der Waals surface area contributed by atoms with Gasteiger partial charge in [-0.2, -0.15) is 0 Å². The van der Waals surface area contributed by atoms with E-state index in [-0.39, 0.29) is 22.6 Å². The third kappa shape index (κ3) is 5.35. The molecule has 2 N–H and O–H groups in total. The van der Waals surface area contributed by atoms with Gasteiger partial charge in [-0.15, -0.1) is 0 Å². The summed E-state index contributed by atoms with van der Waals surface area (Å²) in [6, 6.07) is 13.0. The maximum absolute atomic E-state index is 12.1. The number of ketones is 1. The number of rotatable bonds is 7. The van der Waals surface area contributed by atoms with Gasteiger partial charge < -0.3 is 5.32 Å². The molecule has 1 fully saturated rings. The Labute approximate surface area is 158 Å². The maximum Gasteiger partial charge on any atom is 0.248 e. The number of hydrogen-bond donors (Lipinski definition) is 2. The lowest BCUT2D eigenvalue weighted by molar-refractivity contribution is -0.111. The number of carbonyl (C=O) groups excluding carboxylic acids is 2. The van der Waals surface area contributed by atoms with Crippen molar-refractivity contribution in [3.63, 3.8) is 0 Å². The first-order valence-electron chi connectivity index (χ1n) is 8.56. The first kappa shape index (κ1) is 19.0. The number of nitrogens with one attached hydrogen (secondary N) is 2. The monoisotopic (exact) mass is 384 g/mol. The summed E-state index contributed by atoms with van der Waals surface area (Å²) in [6.07, 6.45) is 4.73. The second-order valence-corrected chi connectivity index (χ2v) is 8.13. The molecule has 1 aliphatic rings. The standard InChI is InChI=1S/C20H20N2O4S/c1-14(23)16-5-7-17(8-6-16)21-20(24)13-4-15-2-11-19(12-3-15)27(25,26)22-18-9-10-18/h2-8,11-13,18,22H,9-10H2,1H3,(H,21,24). The summed E-state index contributed by atoms with van der Waals surface area (Å²) < 4.78 is 26.9. The summed E-state index contributed by atoms with van der Waals surface area (Å²) in [5.41, 5.74) is 1.87. The molecule has 0 saturated heterocycles. The van der Waals surface area contributed by atoms with Gasteiger partial charge in [-0.1, -0.05) is 12.1 Å². The minimum absolute atomic E-state index is 0.0365. The van der Waals surface area contributed by atoms with Crippen LogP contribution in [0, 0.1) is 0 Å². The van der Waals surface area contributed by atoms with E-state index in [9.17, 15) is 18.0 Å². The molecule has 1 aliphatic carbocycles. The summed E-state index contributed by atoms with van der Waals surface area (Å²) in [5, 5.41) is 2.70. The predicted molar refractivity (Wildman–Crippen MR) is 104 cm³/mol. The molecule has 2 aromatic carbocycles. The molecule has 7 heteroatoms. The van der Waals surface area contributed by atoms with Crippen molar-refractivity contribution < 1.29 is 18.0 Å². The van der Waals surface area contributed by atoms with Crippen molar-refractivity contribution in [3.8, 4) is 0 Å². The molecule has 0 radical (unpaired) electrons. The van der Waals surface area contributed by atoms with E-state index < -0.39 is 10.0 Å². The molecule has 1 saturated carbocycles. The van der Waals surface area contributed by atoms with Crippen LogP contribution in [0.4, 0.5) is 5.69 Å². The van der Waals surface area contributed by atoms with Crippen molar-refractivity contribution in [2.24, 2.45) is 0 Å². The van der Waals surface area contributed by atoms with Gasteiger partial charge in [0.15, 0.2) is 5.78 Å². The quantitative estimate of drug-likeness (QED) is 0.567. The molecular formula is C20H20N2O4S. The Morgan fingerprint density at radius 2 is 1.63 bits per heavy atom. The summed E-state index contributed by atoms with van der Waals surface area (Å²) in [6.45, 7) is 1.48. The summed E-state index contributed by atoms with van der Waals surface area (Å²) in [7, 11) is -3.47. The van der Waals surface area contributed by atoms with Gasteiger partial charge in [0.05, 0.1) is 4.90 Å². The van der Waals surface area contributed by atoms with Crippen LogP contribution in [0.15, 0.2) is 59.5 Å². The number of amides is 1. The number of hydrogen-bond acceptors (Lipinski definition) is 4. The summed E-state index contributed by atoms with van der Waals surface area (Å²) in [4.78, 5) is 23.4. The van der Waals surface area contributed by atoms with Crippen LogP contribution in [0.1, 0.15) is 35.7 Å². The zero-order chi connectivity index (χ0) is 19.4. The van der Waals surface area contributed by atoms with E-state index in [2.05, 4.69) is 10.0 Å². The highest BCUT2D eigenvalue weighted by molar-refractivity contribution is 7.89. The highest BCUT2D eigenvalue weighted by Crippen LogP contribution is 2.22. The Morgan fingerprint density at radius 1 is 1.00 bits per heavy atom. The lowest BCUT2D eigenvalue weighted by Gasteiger charge is -2.05. The fourth-order valence-electron chi connectivity index (χ4n) is 2.39. The minimum Gasteiger partial charge on any atom is -0.323 e.